The van der Waals surface area contributed by atoms with Crippen LogP contribution < -0.4 is 10.6 Å². The van der Waals surface area contributed by atoms with Crippen LogP contribution in [-0.2, 0) is 17.8 Å². The van der Waals surface area contributed by atoms with Crippen LogP contribution in [0.4, 0.5) is 0 Å². The molecule has 37 heavy (non-hydrogen) atoms. The molecule has 1 aliphatic rings. The van der Waals surface area contributed by atoms with Gasteiger partial charge in [-0.05, 0) is 72.6 Å². The normalized spacial score (nSPS) is 13.5. The second-order valence-corrected chi connectivity index (χ2v) is 10.3. The number of rotatable bonds is 8. The molecule has 2 N–H and O–H groups in total. The highest BCUT2D eigenvalue weighted by molar-refractivity contribution is 6.02. The molecule has 2 amide bonds. The fraction of sp³-hybridized carbons (Fsp3) is 0.433. The number of benzene rings is 2. The number of aryl methyl sites for hydroxylation is 2. The maximum atomic E-state index is 13.0. The molecule has 3 aromatic rings. The molecule has 0 unspecified atom stereocenters. The van der Waals surface area contributed by atoms with Gasteiger partial charge in [0.2, 0.25) is 5.91 Å². The van der Waals surface area contributed by atoms with Crippen molar-refractivity contribution in [3.05, 3.63) is 63.8 Å². The third-order valence-corrected chi connectivity index (χ3v) is 7.11. The zero-order chi connectivity index (χ0) is 26.7. The molecule has 0 saturated heterocycles. The standard InChI is InChI=1S/C30H38N4O3/c1-7-31-30(36)28-27(29(37-33-28)26-16-25(18(2)3)19(4)14-20(26)5)23-8-9-24-17-34(12-10-22(24)15-23)13-11-32-21(6)35/h8-9,14-16,18H,7,10-13,17H2,1-6H3,(H,31,36)(H,32,35). The van der Waals surface area contributed by atoms with E-state index in [2.05, 4.69) is 78.7 Å². The number of fused-ring (bicyclic) bond motifs is 1. The van der Waals surface area contributed by atoms with Gasteiger partial charge < -0.3 is 15.2 Å². The van der Waals surface area contributed by atoms with Gasteiger partial charge in [-0.15, -0.1) is 0 Å². The van der Waals surface area contributed by atoms with Crippen LogP contribution in [0.2, 0.25) is 0 Å². The molecule has 0 aliphatic carbocycles. The lowest BCUT2D eigenvalue weighted by Gasteiger charge is -2.29. The van der Waals surface area contributed by atoms with Crippen molar-refractivity contribution in [1.82, 2.24) is 20.7 Å². The molecule has 196 valence electrons. The van der Waals surface area contributed by atoms with Crippen LogP contribution in [0.25, 0.3) is 22.5 Å². The molecule has 1 aromatic heterocycles. The smallest absolute Gasteiger partial charge is 0.274 e. The minimum atomic E-state index is -0.233. The van der Waals surface area contributed by atoms with Gasteiger partial charge in [-0.2, -0.15) is 0 Å². The zero-order valence-corrected chi connectivity index (χ0v) is 22.8. The first-order valence-electron chi connectivity index (χ1n) is 13.2. The molecule has 2 aromatic carbocycles. The molecular weight excluding hydrogens is 464 g/mol. The summed E-state index contributed by atoms with van der Waals surface area (Å²) in [4.78, 5) is 26.6. The minimum absolute atomic E-state index is 0.00109. The third kappa shape index (κ3) is 5.77. The van der Waals surface area contributed by atoms with E-state index in [9.17, 15) is 9.59 Å². The summed E-state index contributed by atoms with van der Waals surface area (Å²) >= 11 is 0. The van der Waals surface area contributed by atoms with Crippen molar-refractivity contribution in [2.45, 2.75) is 60.4 Å². The highest BCUT2D eigenvalue weighted by Crippen LogP contribution is 2.39. The Kier molecular flexibility index (Phi) is 8.13. The van der Waals surface area contributed by atoms with Gasteiger partial charge in [0.1, 0.15) is 0 Å². The first kappa shape index (κ1) is 26.6. The number of hydrogen-bond donors (Lipinski definition) is 2. The van der Waals surface area contributed by atoms with Crippen molar-refractivity contribution in [2.75, 3.05) is 26.2 Å². The Hall–Kier alpha value is -3.45. The topological polar surface area (TPSA) is 87.5 Å². The minimum Gasteiger partial charge on any atom is -0.355 e. The average molecular weight is 503 g/mol. The fourth-order valence-electron chi connectivity index (χ4n) is 5.22. The molecular formula is C30H38N4O3. The maximum Gasteiger partial charge on any atom is 0.274 e. The lowest BCUT2D eigenvalue weighted by atomic mass is 9.88. The molecule has 7 nitrogen and oxygen atoms in total. The molecule has 7 heteroatoms. The number of carbonyl (C=O) groups is 2. The maximum absolute atomic E-state index is 13.0. The van der Waals surface area contributed by atoms with Crippen LogP contribution in [-0.4, -0.2) is 48.0 Å². The summed E-state index contributed by atoms with van der Waals surface area (Å²) < 4.78 is 5.93. The van der Waals surface area contributed by atoms with Crippen molar-refractivity contribution in [3.63, 3.8) is 0 Å². The molecule has 2 heterocycles. The second kappa shape index (κ2) is 11.3. The lowest BCUT2D eigenvalue weighted by molar-refractivity contribution is -0.119. The van der Waals surface area contributed by atoms with Crippen LogP contribution in [0.5, 0.6) is 0 Å². The van der Waals surface area contributed by atoms with Crippen molar-refractivity contribution in [1.29, 1.82) is 0 Å². The Balaban J connectivity index is 1.74. The quantitative estimate of drug-likeness (QED) is 0.453. The predicted molar refractivity (Wildman–Crippen MR) is 147 cm³/mol. The van der Waals surface area contributed by atoms with E-state index in [1.807, 2.05) is 6.92 Å². The molecule has 0 radical (unpaired) electrons. The molecule has 0 bridgehead atoms. The summed E-state index contributed by atoms with van der Waals surface area (Å²) in [5.74, 6) is 0.765. The molecule has 0 fully saturated rings. The largest absolute Gasteiger partial charge is 0.355 e. The fourth-order valence-corrected chi connectivity index (χ4v) is 5.22. The van der Waals surface area contributed by atoms with E-state index < -0.39 is 0 Å². The van der Waals surface area contributed by atoms with Gasteiger partial charge in [-0.1, -0.05) is 43.3 Å². The van der Waals surface area contributed by atoms with E-state index >= 15 is 0 Å². The first-order valence-corrected chi connectivity index (χ1v) is 13.2. The number of carbonyl (C=O) groups excluding carboxylic acids is 2. The van der Waals surface area contributed by atoms with Gasteiger partial charge in [0.25, 0.3) is 5.91 Å². The highest BCUT2D eigenvalue weighted by atomic mass is 16.5. The van der Waals surface area contributed by atoms with Crippen molar-refractivity contribution in [2.24, 2.45) is 0 Å². The zero-order valence-electron chi connectivity index (χ0n) is 22.8. The Bertz CT molecular complexity index is 1310. The van der Waals surface area contributed by atoms with Crippen molar-refractivity contribution >= 4 is 11.8 Å². The van der Waals surface area contributed by atoms with E-state index in [0.29, 0.717) is 30.5 Å². The summed E-state index contributed by atoms with van der Waals surface area (Å²) in [6, 6.07) is 10.8. The third-order valence-electron chi connectivity index (χ3n) is 7.11. The summed E-state index contributed by atoms with van der Waals surface area (Å²) in [5, 5.41) is 10.0. The second-order valence-electron chi connectivity index (χ2n) is 10.3. The average Bonchev–Trinajstić information content (AvgIpc) is 3.28. The number of hydrogen-bond acceptors (Lipinski definition) is 5. The Morgan fingerprint density at radius 1 is 1.08 bits per heavy atom. The molecule has 4 rings (SSSR count). The van der Waals surface area contributed by atoms with Crippen molar-refractivity contribution < 1.29 is 14.1 Å². The number of aromatic nitrogens is 1. The van der Waals surface area contributed by atoms with Crippen LogP contribution in [0.3, 0.4) is 0 Å². The summed E-state index contributed by atoms with van der Waals surface area (Å²) in [5.41, 5.74) is 9.09. The number of nitrogens with zero attached hydrogens (tertiary/aromatic N) is 2. The predicted octanol–water partition coefficient (Wildman–Crippen LogP) is 4.99. The molecule has 0 saturated carbocycles. The van der Waals surface area contributed by atoms with Crippen molar-refractivity contribution in [3.8, 4) is 22.5 Å². The number of amides is 2. The van der Waals surface area contributed by atoms with E-state index in [0.717, 1.165) is 48.3 Å². The van der Waals surface area contributed by atoms with Crippen LogP contribution in [0, 0.1) is 13.8 Å². The highest BCUT2D eigenvalue weighted by Gasteiger charge is 2.27. The molecule has 1 aliphatic heterocycles. The van der Waals surface area contributed by atoms with Gasteiger partial charge >= 0.3 is 0 Å². The molecule has 0 atom stereocenters. The lowest BCUT2D eigenvalue weighted by Crippen LogP contribution is -2.37. The monoisotopic (exact) mass is 502 g/mol. The van der Waals surface area contributed by atoms with Crippen LogP contribution >= 0.6 is 0 Å². The first-order chi connectivity index (χ1) is 17.7. The summed E-state index contributed by atoms with van der Waals surface area (Å²) in [6.07, 6.45) is 0.904. The van der Waals surface area contributed by atoms with Crippen LogP contribution in [0.1, 0.15) is 71.9 Å². The Morgan fingerprint density at radius 2 is 1.86 bits per heavy atom. The van der Waals surface area contributed by atoms with E-state index in [1.165, 1.54) is 22.3 Å². The van der Waals surface area contributed by atoms with Crippen LogP contribution in [0.15, 0.2) is 34.9 Å². The molecule has 0 spiro atoms. The number of nitrogens with one attached hydrogen (secondary N) is 2. The SMILES string of the molecule is CCNC(=O)c1noc(-c2cc(C(C)C)c(C)cc2C)c1-c1ccc2c(c1)CCN(CCNC(C)=O)C2. The Morgan fingerprint density at radius 3 is 2.57 bits per heavy atom. The summed E-state index contributed by atoms with van der Waals surface area (Å²) in [6.45, 7) is 15.8. The van der Waals surface area contributed by atoms with Gasteiger partial charge in [0.15, 0.2) is 11.5 Å². The van der Waals surface area contributed by atoms with E-state index in [4.69, 9.17) is 4.52 Å². The van der Waals surface area contributed by atoms with E-state index in [1.54, 1.807) is 6.92 Å². The van der Waals surface area contributed by atoms with Gasteiger partial charge in [-0.3, -0.25) is 14.5 Å². The van der Waals surface area contributed by atoms with Gasteiger partial charge in [0.05, 0.1) is 5.56 Å². The van der Waals surface area contributed by atoms with Gasteiger partial charge in [0, 0.05) is 45.2 Å². The van der Waals surface area contributed by atoms with E-state index in [-0.39, 0.29) is 11.8 Å². The summed E-state index contributed by atoms with van der Waals surface area (Å²) in [7, 11) is 0. The Labute approximate surface area is 219 Å². The van der Waals surface area contributed by atoms with Gasteiger partial charge in [-0.25, -0.2) is 0 Å².